The van der Waals surface area contributed by atoms with E-state index in [-0.39, 0.29) is 5.56 Å². The Bertz CT molecular complexity index is 782. The normalized spacial score (nSPS) is 10.8. The lowest BCUT2D eigenvalue weighted by atomic mass is 10.1. The largest absolute Gasteiger partial charge is 0.545 e. The number of aromatic carboxylic acids is 1. The van der Waals surface area contributed by atoms with Crippen LogP contribution < -0.4 is 5.11 Å². The molecule has 0 saturated heterocycles. The molecule has 0 aliphatic rings. The van der Waals surface area contributed by atoms with Gasteiger partial charge in [0.1, 0.15) is 0 Å². The number of nitrogens with zero attached hydrogens (tertiary/aromatic N) is 1. The predicted molar refractivity (Wildman–Crippen MR) is 77.1 cm³/mol. The summed E-state index contributed by atoms with van der Waals surface area (Å²) >= 11 is 4.90. The number of carbonyl (C=O) groups is 1. The Morgan fingerprint density at radius 3 is 2.68 bits per heavy atom. The maximum Gasteiger partial charge on any atom is 0.0816 e. The second kappa shape index (κ2) is 4.75. The van der Waals surface area contributed by atoms with E-state index in [1.165, 1.54) is 11.3 Å². The Kier molecular flexibility index (Phi) is 3.08. The standard InChI is InChI=1S/C14H8BrNO2S/c15-13-6-5-12(19-13)11-7-9(14(17)18)8-3-1-2-4-10(8)16-11/h1-7H,(H,17,18)/p-1. The van der Waals surface area contributed by atoms with Crippen LogP contribution in [0, 0.1) is 0 Å². The van der Waals surface area contributed by atoms with E-state index in [0.717, 1.165) is 8.66 Å². The fourth-order valence-electron chi connectivity index (χ4n) is 1.92. The lowest BCUT2D eigenvalue weighted by Gasteiger charge is -2.09. The first-order valence-corrected chi connectivity index (χ1v) is 7.13. The Morgan fingerprint density at radius 2 is 2.00 bits per heavy atom. The molecule has 0 aliphatic carbocycles. The van der Waals surface area contributed by atoms with Gasteiger partial charge in [0.25, 0.3) is 0 Å². The summed E-state index contributed by atoms with van der Waals surface area (Å²) in [5.74, 6) is -1.18. The first-order valence-electron chi connectivity index (χ1n) is 5.52. The number of para-hydroxylation sites is 1. The van der Waals surface area contributed by atoms with Crippen molar-refractivity contribution >= 4 is 44.1 Å². The second-order valence-electron chi connectivity index (χ2n) is 3.96. The number of fused-ring (bicyclic) bond motifs is 1. The highest BCUT2D eigenvalue weighted by Crippen LogP contribution is 2.32. The summed E-state index contributed by atoms with van der Waals surface area (Å²) < 4.78 is 0.979. The second-order valence-corrected chi connectivity index (χ2v) is 6.43. The minimum Gasteiger partial charge on any atom is -0.545 e. The summed E-state index contributed by atoms with van der Waals surface area (Å²) in [5.41, 5.74) is 1.47. The van der Waals surface area contributed by atoms with Gasteiger partial charge in [0.2, 0.25) is 0 Å². The van der Waals surface area contributed by atoms with Crippen LogP contribution in [0.25, 0.3) is 21.5 Å². The highest BCUT2D eigenvalue weighted by molar-refractivity contribution is 9.11. The molecule has 2 aromatic heterocycles. The van der Waals surface area contributed by atoms with Crippen LogP contribution in [-0.2, 0) is 0 Å². The van der Waals surface area contributed by atoms with Crippen molar-refractivity contribution in [1.29, 1.82) is 0 Å². The van der Waals surface area contributed by atoms with Crippen molar-refractivity contribution < 1.29 is 9.90 Å². The van der Waals surface area contributed by atoms with E-state index in [4.69, 9.17) is 0 Å². The number of carboxylic acid groups (broad SMARTS) is 1. The van der Waals surface area contributed by atoms with Gasteiger partial charge < -0.3 is 9.90 Å². The summed E-state index contributed by atoms with van der Waals surface area (Å²) in [6, 6.07) is 12.5. The number of carbonyl (C=O) groups excluding carboxylic acids is 1. The average Bonchev–Trinajstić information content (AvgIpc) is 2.84. The zero-order valence-electron chi connectivity index (χ0n) is 9.59. The van der Waals surface area contributed by atoms with E-state index in [1.807, 2.05) is 18.2 Å². The van der Waals surface area contributed by atoms with Gasteiger partial charge in [-0.2, -0.15) is 0 Å². The molecular formula is C14H7BrNO2S-. The zero-order chi connectivity index (χ0) is 13.4. The molecule has 3 rings (SSSR count). The third-order valence-corrected chi connectivity index (χ3v) is 4.41. The molecule has 3 nitrogen and oxygen atoms in total. The fourth-order valence-corrected chi connectivity index (χ4v) is 3.27. The molecule has 0 amide bonds. The number of carboxylic acids is 1. The van der Waals surface area contributed by atoms with Gasteiger partial charge in [0, 0.05) is 10.9 Å². The lowest BCUT2D eigenvalue weighted by Crippen LogP contribution is -2.22. The van der Waals surface area contributed by atoms with E-state index < -0.39 is 5.97 Å². The molecule has 5 heteroatoms. The van der Waals surface area contributed by atoms with E-state index in [0.29, 0.717) is 16.6 Å². The van der Waals surface area contributed by atoms with Gasteiger partial charge in [-0.1, -0.05) is 18.2 Å². The molecule has 0 aliphatic heterocycles. The summed E-state index contributed by atoms with van der Waals surface area (Å²) in [5, 5.41) is 11.9. The van der Waals surface area contributed by atoms with Gasteiger partial charge in [-0.05, 0) is 40.2 Å². The van der Waals surface area contributed by atoms with Crippen LogP contribution in [0.15, 0.2) is 46.3 Å². The highest BCUT2D eigenvalue weighted by atomic mass is 79.9. The third kappa shape index (κ3) is 2.27. The molecule has 19 heavy (non-hydrogen) atoms. The van der Waals surface area contributed by atoms with E-state index >= 15 is 0 Å². The third-order valence-electron chi connectivity index (χ3n) is 2.76. The molecule has 0 fully saturated rings. The number of hydrogen-bond acceptors (Lipinski definition) is 4. The van der Waals surface area contributed by atoms with Gasteiger partial charge in [0.05, 0.1) is 25.8 Å². The van der Waals surface area contributed by atoms with Crippen LogP contribution in [0.5, 0.6) is 0 Å². The molecule has 0 spiro atoms. The molecule has 3 aromatic rings. The summed E-state index contributed by atoms with van der Waals surface area (Å²) in [6.07, 6.45) is 0. The maximum absolute atomic E-state index is 11.3. The average molecular weight is 333 g/mol. The van der Waals surface area contributed by atoms with Gasteiger partial charge in [-0.15, -0.1) is 11.3 Å². The Hall–Kier alpha value is -1.72. The predicted octanol–water partition coefficient (Wildman–Crippen LogP) is 3.09. The SMILES string of the molecule is O=C([O-])c1cc(-c2ccc(Br)s2)nc2ccccc12. The van der Waals surface area contributed by atoms with Gasteiger partial charge in [-0.3, -0.25) is 0 Å². The van der Waals surface area contributed by atoms with Crippen molar-refractivity contribution in [3.8, 4) is 10.6 Å². The minimum atomic E-state index is -1.18. The fraction of sp³-hybridized carbons (Fsp3) is 0. The molecule has 1 aromatic carbocycles. The molecule has 2 heterocycles. The van der Waals surface area contributed by atoms with Gasteiger partial charge in [-0.25, -0.2) is 4.98 Å². The number of thiophene rings is 1. The Balaban J connectivity index is 2.30. The Labute approximate surface area is 121 Å². The molecule has 94 valence electrons. The molecule has 0 radical (unpaired) electrons. The van der Waals surface area contributed by atoms with E-state index in [1.54, 1.807) is 24.3 Å². The number of aromatic nitrogens is 1. The van der Waals surface area contributed by atoms with Crippen molar-refractivity contribution in [2.45, 2.75) is 0 Å². The van der Waals surface area contributed by atoms with Crippen LogP contribution in [0.3, 0.4) is 0 Å². The first-order chi connectivity index (χ1) is 9.15. The van der Waals surface area contributed by atoms with Crippen LogP contribution in [-0.4, -0.2) is 11.0 Å². The number of rotatable bonds is 2. The molecule has 0 N–H and O–H groups in total. The summed E-state index contributed by atoms with van der Waals surface area (Å²) in [7, 11) is 0. The highest BCUT2D eigenvalue weighted by Gasteiger charge is 2.09. The van der Waals surface area contributed by atoms with Crippen molar-refractivity contribution in [2.75, 3.05) is 0 Å². The van der Waals surface area contributed by atoms with Crippen LogP contribution in [0.2, 0.25) is 0 Å². The molecular weight excluding hydrogens is 326 g/mol. The van der Waals surface area contributed by atoms with Crippen molar-refractivity contribution in [1.82, 2.24) is 4.98 Å². The topological polar surface area (TPSA) is 53.0 Å². The summed E-state index contributed by atoms with van der Waals surface area (Å²) in [6.45, 7) is 0. The molecule has 0 atom stereocenters. The van der Waals surface area contributed by atoms with Crippen LogP contribution in [0.1, 0.15) is 10.4 Å². The Morgan fingerprint density at radius 1 is 1.21 bits per heavy atom. The number of benzene rings is 1. The smallest absolute Gasteiger partial charge is 0.0816 e. The molecule has 0 bridgehead atoms. The van der Waals surface area contributed by atoms with Crippen LogP contribution in [0.4, 0.5) is 0 Å². The number of hydrogen-bond donors (Lipinski definition) is 0. The minimum absolute atomic E-state index is 0.171. The van der Waals surface area contributed by atoms with Crippen molar-refractivity contribution in [2.24, 2.45) is 0 Å². The van der Waals surface area contributed by atoms with Gasteiger partial charge in [0.15, 0.2) is 0 Å². The van der Waals surface area contributed by atoms with Crippen molar-refractivity contribution in [3.63, 3.8) is 0 Å². The van der Waals surface area contributed by atoms with Crippen LogP contribution >= 0.6 is 27.3 Å². The first kappa shape index (κ1) is 12.3. The number of halogens is 1. The van der Waals surface area contributed by atoms with E-state index in [2.05, 4.69) is 20.9 Å². The molecule has 0 saturated carbocycles. The van der Waals surface area contributed by atoms with Gasteiger partial charge >= 0.3 is 0 Å². The monoisotopic (exact) mass is 332 g/mol. The lowest BCUT2D eigenvalue weighted by molar-refractivity contribution is -0.254. The summed E-state index contributed by atoms with van der Waals surface area (Å²) in [4.78, 5) is 16.7. The van der Waals surface area contributed by atoms with E-state index in [9.17, 15) is 9.90 Å². The number of pyridine rings is 1. The maximum atomic E-state index is 11.3. The van der Waals surface area contributed by atoms with Crippen molar-refractivity contribution in [3.05, 3.63) is 51.8 Å². The molecule has 0 unspecified atom stereocenters. The quantitative estimate of drug-likeness (QED) is 0.724. The zero-order valence-corrected chi connectivity index (χ0v) is 12.0.